The summed E-state index contributed by atoms with van der Waals surface area (Å²) in [7, 11) is 0. The summed E-state index contributed by atoms with van der Waals surface area (Å²) in [6, 6.07) is 17.2. The molecule has 0 amide bonds. The number of halogens is 2. The lowest BCUT2D eigenvalue weighted by Crippen LogP contribution is -2.36. The Labute approximate surface area is 238 Å². The van der Waals surface area contributed by atoms with Crippen LogP contribution in [0.4, 0.5) is 0 Å². The minimum Gasteiger partial charge on any atom is -0.457 e. The highest BCUT2D eigenvalue weighted by Crippen LogP contribution is 2.32. The Balaban J connectivity index is 1.53. The van der Waals surface area contributed by atoms with Gasteiger partial charge in [0.25, 0.3) is 22.2 Å². The van der Waals surface area contributed by atoms with Crippen LogP contribution in [-0.4, -0.2) is 9.13 Å². The van der Waals surface area contributed by atoms with Crippen LogP contribution < -0.4 is 27.0 Å². The molecule has 3 aromatic carbocycles. The van der Waals surface area contributed by atoms with E-state index in [9.17, 15) is 19.2 Å². The van der Waals surface area contributed by atoms with Gasteiger partial charge in [-0.3, -0.25) is 23.7 Å². The molecule has 0 bridgehead atoms. The van der Waals surface area contributed by atoms with Crippen LogP contribution in [0.25, 0.3) is 27.2 Å². The number of ether oxygens (including phenoxy) is 1. The third-order valence-corrected chi connectivity index (χ3v) is 7.40. The number of rotatable bonds is 5. The maximum atomic E-state index is 13.2. The molecule has 37 heavy (non-hydrogen) atoms. The largest absolute Gasteiger partial charge is 0.457 e. The lowest BCUT2D eigenvalue weighted by molar-refractivity contribution is 0.482. The van der Waals surface area contributed by atoms with Crippen LogP contribution in [0.5, 0.6) is 11.5 Å². The fourth-order valence-corrected chi connectivity index (χ4v) is 5.21. The first-order valence-corrected chi connectivity index (χ1v) is 13.6. The minimum absolute atomic E-state index is 0.0106. The number of nitrogens with zero attached hydrogens (tertiary/aromatic N) is 2. The van der Waals surface area contributed by atoms with E-state index in [0.717, 1.165) is 9.13 Å². The smallest absolute Gasteiger partial charge is 0.266 e. The van der Waals surface area contributed by atoms with E-state index in [1.54, 1.807) is 38.1 Å². The van der Waals surface area contributed by atoms with Crippen LogP contribution in [0, 0.1) is 0 Å². The highest BCUT2D eigenvalue weighted by molar-refractivity contribution is 14.1. The van der Waals surface area contributed by atoms with Crippen molar-refractivity contribution in [3.8, 4) is 17.2 Å². The van der Waals surface area contributed by atoms with E-state index in [2.05, 4.69) is 36.4 Å². The van der Waals surface area contributed by atoms with Gasteiger partial charge < -0.3 is 4.74 Å². The minimum atomic E-state index is -0.756. The Kier molecular flexibility index (Phi) is 6.21. The molecule has 0 aliphatic carbocycles. The first-order valence-electron chi connectivity index (χ1n) is 11.5. The average molecular weight is 720 g/mol. The zero-order valence-electron chi connectivity index (χ0n) is 20.5. The third-order valence-electron chi connectivity index (χ3n) is 6.29. The van der Waals surface area contributed by atoms with Crippen molar-refractivity contribution < 1.29 is 4.74 Å². The molecule has 0 aliphatic rings. The summed E-state index contributed by atoms with van der Waals surface area (Å²) in [5.74, 6) is 1.23. The molecule has 0 unspecified atom stereocenters. The maximum absolute atomic E-state index is 13.2. The molecule has 0 fully saturated rings. The predicted molar refractivity (Wildman–Crippen MR) is 163 cm³/mol. The van der Waals surface area contributed by atoms with Gasteiger partial charge in [-0.05, 0) is 81.8 Å². The fourth-order valence-electron chi connectivity index (χ4n) is 4.41. The standard InChI is InChI=1S/C28H22I2N2O5/c1-27(2,29)15-5-9-17(10-6-15)37-18-11-7-16(8-12-18)31-23(33)19-13-21-22(14-20(19)24(31)34)26(36)32(25(21)35)28(3,4)30/h5-14H,1-4H3. The van der Waals surface area contributed by atoms with Crippen LogP contribution >= 0.6 is 45.2 Å². The highest BCUT2D eigenvalue weighted by atomic mass is 127. The third kappa shape index (κ3) is 4.45. The molecule has 5 aromatic rings. The van der Waals surface area contributed by atoms with E-state index >= 15 is 0 Å². The van der Waals surface area contributed by atoms with Crippen molar-refractivity contribution in [1.82, 2.24) is 9.13 Å². The van der Waals surface area contributed by atoms with E-state index in [-0.39, 0.29) is 25.0 Å². The van der Waals surface area contributed by atoms with E-state index in [4.69, 9.17) is 4.74 Å². The molecule has 188 valence electrons. The van der Waals surface area contributed by atoms with Gasteiger partial charge in [0.2, 0.25) is 0 Å². The maximum Gasteiger partial charge on any atom is 0.266 e. The summed E-state index contributed by atoms with van der Waals surface area (Å²) in [5, 5.41) is 0.489. The molecular weight excluding hydrogens is 698 g/mol. The number of hydrogen-bond acceptors (Lipinski definition) is 5. The lowest BCUT2D eigenvalue weighted by Gasteiger charge is -2.17. The predicted octanol–water partition coefficient (Wildman–Crippen LogP) is 5.49. The van der Waals surface area contributed by atoms with E-state index in [1.165, 1.54) is 17.7 Å². The van der Waals surface area contributed by atoms with Gasteiger partial charge in [0.05, 0.1) is 30.8 Å². The average Bonchev–Trinajstić information content (AvgIpc) is 3.22. The second kappa shape index (κ2) is 8.90. The van der Waals surface area contributed by atoms with Crippen LogP contribution in [0.1, 0.15) is 33.3 Å². The Morgan fingerprint density at radius 2 is 1.03 bits per heavy atom. The quantitative estimate of drug-likeness (QED) is 0.177. The summed E-state index contributed by atoms with van der Waals surface area (Å²) in [6.07, 6.45) is 0. The summed E-state index contributed by atoms with van der Waals surface area (Å²) >= 11 is 4.39. The number of alkyl halides is 2. The summed E-state index contributed by atoms with van der Waals surface area (Å²) in [6.45, 7) is 7.75. The van der Waals surface area contributed by atoms with Gasteiger partial charge in [-0.2, -0.15) is 0 Å². The fraction of sp³-hybridized carbons (Fsp3) is 0.214. The van der Waals surface area contributed by atoms with Gasteiger partial charge in [-0.15, -0.1) is 0 Å². The van der Waals surface area contributed by atoms with E-state index in [1.807, 2.05) is 46.9 Å². The van der Waals surface area contributed by atoms with Crippen LogP contribution in [0.15, 0.2) is 79.8 Å². The number of hydrogen-bond donors (Lipinski definition) is 0. The number of benzene rings is 3. The van der Waals surface area contributed by atoms with Crippen molar-refractivity contribution in [2.24, 2.45) is 0 Å². The van der Waals surface area contributed by atoms with Crippen molar-refractivity contribution in [2.45, 2.75) is 34.7 Å². The Morgan fingerprint density at radius 1 is 0.622 bits per heavy atom. The number of aromatic nitrogens is 2. The number of fused-ring (bicyclic) bond motifs is 2. The van der Waals surface area contributed by atoms with Gasteiger partial charge >= 0.3 is 0 Å². The van der Waals surface area contributed by atoms with Crippen molar-refractivity contribution in [2.75, 3.05) is 0 Å². The van der Waals surface area contributed by atoms with Crippen LogP contribution in [0.2, 0.25) is 0 Å². The second-order valence-corrected chi connectivity index (χ2v) is 15.2. The first kappa shape index (κ1) is 25.8. The molecule has 7 nitrogen and oxygen atoms in total. The van der Waals surface area contributed by atoms with E-state index < -0.39 is 25.8 Å². The zero-order valence-corrected chi connectivity index (χ0v) is 24.8. The normalized spacial score (nSPS) is 12.5. The van der Waals surface area contributed by atoms with Crippen molar-refractivity contribution in [1.29, 1.82) is 0 Å². The summed E-state index contributed by atoms with van der Waals surface area (Å²) in [4.78, 5) is 52.3. The monoisotopic (exact) mass is 720 g/mol. The Bertz CT molecular complexity index is 1800. The molecule has 2 heterocycles. The van der Waals surface area contributed by atoms with Gasteiger partial charge in [-0.1, -0.05) is 57.3 Å². The highest BCUT2D eigenvalue weighted by Gasteiger charge is 2.26. The Morgan fingerprint density at radius 3 is 1.43 bits per heavy atom. The topological polar surface area (TPSA) is 87.4 Å². The molecule has 0 spiro atoms. The van der Waals surface area contributed by atoms with Gasteiger partial charge in [0, 0.05) is 3.42 Å². The van der Waals surface area contributed by atoms with Crippen molar-refractivity contribution >= 4 is 66.7 Å². The molecular formula is C28H22I2N2O5. The lowest BCUT2D eigenvalue weighted by atomic mass is 10.0. The molecule has 0 saturated carbocycles. The molecule has 9 heteroatoms. The van der Waals surface area contributed by atoms with Gasteiger partial charge in [-0.25, -0.2) is 4.57 Å². The molecule has 0 atom stereocenters. The van der Waals surface area contributed by atoms with Crippen LogP contribution in [0.3, 0.4) is 0 Å². The Hall–Kier alpha value is -2.80. The molecule has 0 saturated heterocycles. The van der Waals surface area contributed by atoms with Gasteiger partial charge in [0.15, 0.2) is 0 Å². The first-order chi connectivity index (χ1) is 17.3. The second-order valence-electron chi connectivity index (χ2n) is 9.84. The summed E-state index contributed by atoms with van der Waals surface area (Å²) in [5.41, 5.74) is -0.480. The molecule has 0 N–H and O–H groups in total. The van der Waals surface area contributed by atoms with E-state index in [0.29, 0.717) is 17.2 Å². The molecule has 0 radical (unpaired) electrons. The molecule has 2 aromatic heterocycles. The van der Waals surface area contributed by atoms with Crippen LogP contribution in [-0.2, 0) is 6.97 Å². The van der Waals surface area contributed by atoms with Gasteiger partial charge in [0.1, 0.15) is 11.5 Å². The summed E-state index contributed by atoms with van der Waals surface area (Å²) < 4.78 is 7.38. The zero-order chi connectivity index (χ0) is 26.9. The van der Waals surface area contributed by atoms with Crippen molar-refractivity contribution in [3.63, 3.8) is 0 Å². The molecule has 5 rings (SSSR count). The van der Waals surface area contributed by atoms with Crippen molar-refractivity contribution in [3.05, 3.63) is 108 Å². The SMILES string of the molecule is CC(C)(I)c1ccc(Oc2ccc(-n3c(=O)c4cc5c(=O)n(C(C)(C)I)c(=O)c5cc4c3=O)cc2)cc1. The molecule has 0 aliphatic heterocycles.